The molecule has 0 N–H and O–H groups in total. The topological polar surface area (TPSA) is 56.0 Å². The van der Waals surface area contributed by atoms with Crippen LogP contribution in [0.25, 0.3) is 10.2 Å². The molecule has 1 atom stereocenters. The highest BCUT2D eigenvalue weighted by Crippen LogP contribution is 2.34. The van der Waals surface area contributed by atoms with E-state index in [1.54, 1.807) is 22.2 Å². The van der Waals surface area contributed by atoms with Crippen LogP contribution in [-0.2, 0) is 32.9 Å². The van der Waals surface area contributed by atoms with Gasteiger partial charge < -0.3 is 4.90 Å². The van der Waals surface area contributed by atoms with E-state index in [0.29, 0.717) is 12.6 Å². The lowest BCUT2D eigenvalue weighted by Crippen LogP contribution is -2.37. The summed E-state index contributed by atoms with van der Waals surface area (Å²) in [5.41, 5.74) is 3.72. The summed E-state index contributed by atoms with van der Waals surface area (Å²) >= 11 is 1.70. The van der Waals surface area contributed by atoms with Gasteiger partial charge in [0.2, 0.25) is 0 Å². The highest BCUT2D eigenvalue weighted by molar-refractivity contribution is 7.18. The van der Waals surface area contributed by atoms with Gasteiger partial charge in [-0.3, -0.25) is 14.0 Å². The van der Waals surface area contributed by atoms with Crippen molar-refractivity contribution in [2.75, 3.05) is 13.6 Å². The Hall–Kier alpha value is -2.77. The van der Waals surface area contributed by atoms with E-state index in [-0.39, 0.29) is 5.56 Å². The molecular formula is C24H27N5OS. The van der Waals surface area contributed by atoms with Crippen LogP contribution in [0, 0.1) is 0 Å². The summed E-state index contributed by atoms with van der Waals surface area (Å²) in [7, 11) is 4.17. The quantitative estimate of drug-likeness (QED) is 0.468. The molecule has 0 amide bonds. The summed E-state index contributed by atoms with van der Waals surface area (Å²) in [6.07, 6.45) is 9.77. The van der Waals surface area contributed by atoms with Crippen LogP contribution in [0.2, 0.25) is 0 Å². The molecule has 1 aliphatic carbocycles. The van der Waals surface area contributed by atoms with E-state index in [1.165, 1.54) is 16.0 Å². The van der Waals surface area contributed by atoms with E-state index in [4.69, 9.17) is 0 Å². The largest absolute Gasteiger partial charge is 0.303 e. The maximum atomic E-state index is 13.3. The smallest absolute Gasteiger partial charge is 0.262 e. The number of nitrogens with zero attached hydrogens (tertiary/aromatic N) is 5. The molecule has 0 bridgehead atoms. The minimum absolute atomic E-state index is 0.0923. The summed E-state index contributed by atoms with van der Waals surface area (Å²) in [5.74, 6) is 0. The van der Waals surface area contributed by atoms with Crippen molar-refractivity contribution in [1.29, 1.82) is 0 Å². The molecule has 0 saturated heterocycles. The number of aryl methyl sites for hydroxylation is 2. The van der Waals surface area contributed by atoms with Gasteiger partial charge in [0.05, 0.1) is 24.5 Å². The van der Waals surface area contributed by atoms with E-state index < -0.39 is 0 Å². The maximum Gasteiger partial charge on any atom is 0.262 e. The molecule has 4 aromatic rings. The normalized spacial score (nSPS) is 16.2. The van der Waals surface area contributed by atoms with Crippen molar-refractivity contribution >= 4 is 21.6 Å². The molecule has 7 heteroatoms. The van der Waals surface area contributed by atoms with Crippen molar-refractivity contribution in [2.45, 2.75) is 38.3 Å². The van der Waals surface area contributed by atoms with Crippen LogP contribution in [0.1, 0.15) is 28.0 Å². The standard InChI is InChI=1S/C24H27N5OS/c1-27(11-10-18-13-26-28(2)14-18)19-8-9-20-21(12-19)31-23-22(20)24(30)29(16-25-23)15-17-6-4-3-5-7-17/h3-7,13-14,16,19H,8-12,15H2,1-2H3. The number of likely N-dealkylation sites (N-methyl/N-ethyl adjacent to an activating group) is 1. The SMILES string of the molecule is CN(CCc1cnn(C)c1)C1CCc2c(sc3ncn(Cc4ccccc4)c(=O)c23)C1. The maximum absolute atomic E-state index is 13.3. The Bertz CT molecular complexity index is 1260. The molecule has 1 unspecified atom stereocenters. The van der Waals surface area contributed by atoms with Gasteiger partial charge in [0.15, 0.2) is 0 Å². The Kier molecular flexibility index (Phi) is 5.46. The Morgan fingerprint density at radius 2 is 2.06 bits per heavy atom. The zero-order chi connectivity index (χ0) is 21.4. The first-order chi connectivity index (χ1) is 15.1. The van der Waals surface area contributed by atoms with Gasteiger partial charge in [-0.1, -0.05) is 30.3 Å². The van der Waals surface area contributed by atoms with Gasteiger partial charge in [0.1, 0.15) is 4.83 Å². The zero-order valence-corrected chi connectivity index (χ0v) is 18.8. The number of hydrogen-bond acceptors (Lipinski definition) is 5. The minimum Gasteiger partial charge on any atom is -0.303 e. The number of benzene rings is 1. The molecule has 3 aromatic heterocycles. The van der Waals surface area contributed by atoms with Crippen LogP contribution in [0.5, 0.6) is 0 Å². The summed E-state index contributed by atoms with van der Waals surface area (Å²) in [6, 6.07) is 10.6. The Labute approximate surface area is 185 Å². The zero-order valence-electron chi connectivity index (χ0n) is 18.0. The first-order valence-corrected chi connectivity index (χ1v) is 11.6. The van der Waals surface area contributed by atoms with Crippen LogP contribution in [-0.4, -0.2) is 43.9 Å². The lowest BCUT2D eigenvalue weighted by atomic mass is 9.92. The lowest BCUT2D eigenvalue weighted by Gasteiger charge is -2.31. The molecule has 5 rings (SSSR count). The molecular weight excluding hydrogens is 406 g/mol. The molecule has 0 aliphatic heterocycles. The average Bonchev–Trinajstić information content (AvgIpc) is 3.37. The van der Waals surface area contributed by atoms with E-state index >= 15 is 0 Å². The molecule has 0 fully saturated rings. The van der Waals surface area contributed by atoms with Crippen LogP contribution in [0.15, 0.2) is 53.8 Å². The highest BCUT2D eigenvalue weighted by atomic mass is 32.1. The molecule has 1 aromatic carbocycles. The number of rotatable bonds is 6. The van der Waals surface area contributed by atoms with Crippen LogP contribution >= 0.6 is 11.3 Å². The van der Waals surface area contributed by atoms with Gasteiger partial charge in [0.25, 0.3) is 5.56 Å². The Morgan fingerprint density at radius 1 is 1.23 bits per heavy atom. The third-order valence-electron chi connectivity index (χ3n) is 6.34. The van der Waals surface area contributed by atoms with Crippen molar-refractivity contribution < 1.29 is 0 Å². The first-order valence-electron chi connectivity index (χ1n) is 10.8. The van der Waals surface area contributed by atoms with Gasteiger partial charge in [-0.15, -0.1) is 11.3 Å². The third kappa shape index (κ3) is 4.07. The van der Waals surface area contributed by atoms with E-state index in [9.17, 15) is 4.79 Å². The van der Waals surface area contributed by atoms with Crippen LogP contribution < -0.4 is 5.56 Å². The molecule has 0 spiro atoms. The van der Waals surface area contributed by atoms with Crippen LogP contribution in [0.3, 0.4) is 0 Å². The van der Waals surface area contributed by atoms with E-state index in [1.807, 2.05) is 48.3 Å². The summed E-state index contributed by atoms with van der Waals surface area (Å²) in [4.78, 5) is 22.6. The van der Waals surface area contributed by atoms with E-state index in [0.717, 1.165) is 48.0 Å². The molecule has 31 heavy (non-hydrogen) atoms. The lowest BCUT2D eigenvalue weighted by molar-refractivity contribution is 0.226. The Balaban J connectivity index is 1.34. The fourth-order valence-corrected chi connectivity index (χ4v) is 5.79. The van der Waals surface area contributed by atoms with Crippen molar-refractivity contribution in [3.63, 3.8) is 0 Å². The predicted molar refractivity (Wildman–Crippen MR) is 125 cm³/mol. The fourth-order valence-electron chi connectivity index (χ4n) is 4.54. The molecule has 0 radical (unpaired) electrons. The molecule has 160 valence electrons. The fraction of sp³-hybridized carbons (Fsp3) is 0.375. The molecule has 6 nitrogen and oxygen atoms in total. The van der Waals surface area contributed by atoms with Crippen molar-refractivity contribution in [1.82, 2.24) is 24.2 Å². The highest BCUT2D eigenvalue weighted by Gasteiger charge is 2.27. The molecule has 3 heterocycles. The van der Waals surface area contributed by atoms with Crippen molar-refractivity contribution in [2.24, 2.45) is 7.05 Å². The minimum atomic E-state index is 0.0923. The van der Waals surface area contributed by atoms with Crippen LogP contribution in [0.4, 0.5) is 0 Å². The number of fused-ring (bicyclic) bond motifs is 3. The second kappa shape index (κ2) is 8.40. The van der Waals surface area contributed by atoms with Crippen molar-refractivity contribution in [3.8, 4) is 0 Å². The van der Waals surface area contributed by atoms with E-state index in [2.05, 4.69) is 28.2 Å². The second-order valence-electron chi connectivity index (χ2n) is 8.50. The summed E-state index contributed by atoms with van der Waals surface area (Å²) in [5, 5.41) is 5.11. The average molecular weight is 434 g/mol. The summed E-state index contributed by atoms with van der Waals surface area (Å²) in [6.45, 7) is 1.58. The van der Waals surface area contributed by atoms with Gasteiger partial charge >= 0.3 is 0 Å². The summed E-state index contributed by atoms with van der Waals surface area (Å²) < 4.78 is 3.60. The monoisotopic (exact) mass is 433 g/mol. The number of thiophene rings is 1. The van der Waals surface area contributed by atoms with Crippen molar-refractivity contribution in [3.05, 3.63) is 81.0 Å². The van der Waals surface area contributed by atoms with Gasteiger partial charge in [0, 0.05) is 30.7 Å². The van der Waals surface area contributed by atoms with Gasteiger partial charge in [-0.2, -0.15) is 5.10 Å². The molecule has 0 saturated carbocycles. The van der Waals surface area contributed by atoms with Gasteiger partial charge in [-0.05, 0) is 49.4 Å². The van der Waals surface area contributed by atoms with Gasteiger partial charge in [-0.25, -0.2) is 4.98 Å². The number of aromatic nitrogens is 4. The third-order valence-corrected chi connectivity index (χ3v) is 7.50. The number of hydrogen-bond donors (Lipinski definition) is 0. The molecule has 1 aliphatic rings. The second-order valence-corrected chi connectivity index (χ2v) is 9.58. The predicted octanol–water partition coefficient (Wildman–Crippen LogP) is 3.27. The Morgan fingerprint density at radius 3 is 2.84 bits per heavy atom. The first kappa shape index (κ1) is 20.2.